The summed E-state index contributed by atoms with van der Waals surface area (Å²) in [5.74, 6) is 0. The molecule has 0 saturated heterocycles. The zero-order valence-corrected chi connectivity index (χ0v) is 13.9. The van der Waals surface area contributed by atoms with Gasteiger partial charge in [-0.1, -0.05) is 83.3 Å². The van der Waals surface area contributed by atoms with Gasteiger partial charge < -0.3 is 5.11 Å². The van der Waals surface area contributed by atoms with E-state index in [1.54, 1.807) is 0 Å². The van der Waals surface area contributed by atoms with E-state index >= 15 is 0 Å². The predicted molar refractivity (Wildman–Crippen MR) is 91.2 cm³/mol. The Hall–Kier alpha value is -0.300. The molecule has 0 atom stereocenters. The Balaban J connectivity index is 3.01. The molecular formula is C19H38O. The number of rotatable bonds is 16. The smallest absolute Gasteiger partial charge is 0.0431 e. The lowest BCUT2D eigenvalue weighted by Crippen LogP contribution is -1.83. The highest BCUT2D eigenvalue weighted by Crippen LogP contribution is 2.10. The number of hydrogen-bond donors (Lipinski definition) is 1. The molecule has 0 unspecified atom stereocenters. The maximum Gasteiger partial charge on any atom is 0.0431 e. The van der Waals surface area contributed by atoms with Crippen LogP contribution >= 0.6 is 0 Å². The van der Waals surface area contributed by atoms with Gasteiger partial charge in [-0.15, -0.1) is 0 Å². The predicted octanol–water partition coefficient (Wildman–Crippen LogP) is 6.41. The topological polar surface area (TPSA) is 20.2 Å². The van der Waals surface area contributed by atoms with Gasteiger partial charge >= 0.3 is 0 Å². The highest BCUT2D eigenvalue weighted by Gasteiger charge is 1.91. The molecule has 120 valence electrons. The molecule has 0 aromatic carbocycles. The van der Waals surface area contributed by atoms with Crippen LogP contribution in [0.25, 0.3) is 0 Å². The van der Waals surface area contributed by atoms with Crippen molar-refractivity contribution >= 4 is 0 Å². The van der Waals surface area contributed by atoms with Crippen molar-refractivity contribution in [1.82, 2.24) is 0 Å². The van der Waals surface area contributed by atoms with E-state index in [-0.39, 0.29) is 0 Å². The van der Waals surface area contributed by atoms with E-state index in [1.165, 1.54) is 89.9 Å². The molecule has 0 aliphatic rings. The number of allylic oxidation sites excluding steroid dienone is 2. The molecule has 1 N–H and O–H groups in total. The quantitative estimate of drug-likeness (QED) is 0.256. The Morgan fingerprint density at radius 1 is 0.550 bits per heavy atom. The highest BCUT2D eigenvalue weighted by molar-refractivity contribution is 4.81. The van der Waals surface area contributed by atoms with E-state index in [9.17, 15) is 0 Å². The fourth-order valence-electron chi connectivity index (χ4n) is 2.54. The van der Waals surface area contributed by atoms with Crippen LogP contribution in [0, 0.1) is 0 Å². The highest BCUT2D eigenvalue weighted by atomic mass is 16.2. The number of aliphatic hydroxyl groups excluding tert-OH is 1. The first kappa shape index (κ1) is 19.7. The summed E-state index contributed by atoms with van der Waals surface area (Å²) in [5, 5.41) is 8.67. The van der Waals surface area contributed by atoms with Gasteiger partial charge in [0.05, 0.1) is 0 Å². The zero-order chi connectivity index (χ0) is 14.7. The fourth-order valence-corrected chi connectivity index (χ4v) is 2.54. The third kappa shape index (κ3) is 17.7. The van der Waals surface area contributed by atoms with E-state index in [0.717, 1.165) is 6.42 Å². The van der Waals surface area contributed by atoms with E-state index in [0.29, 0.717) is 6.61 Å². The second-order valence-corrected chi connectivity index (χ2v) is 6.02. The average molecular weight is 283 g/mol. The summed E-state index contributed by atoms with van der Waals surface area (Å²) in [6.45, 7) is 2.64. The van der Waals surface area contributed by atoms with Crippen LogP contribution in [0.3, 0.4) is 0 Å². The van der Waals surface area contributed by atoms with Gasteiger partial charge in [0.25, 0.3) is 0 Å². The fraction of sp³-hybridized carbons (Fsp3) is 0.895. The van der Waals surface area contributed by atoms with Crippen LogP contribution in [-0.2, 0) is 0 Å². The Morgan fingerprint density at radius 3 is 1.40 bits per heavy atom. The molecule has 0 bridgehead atoms. The largest absolute Gasteiger partial charge is 0.396 e. The van der Waals surface area contributed by atoms with Crippen LogP contribution in [0.5, 0.6) is 0 Å². The van der Waals surface area contributed by atoms with Crippen LogP contribution in [-0.4, -0.2) is 11.7 Å². The Bertz CT molecular complexity index is 186. The molecule has 1 nitrogen and oxygen atoms in total. The Morgan fingerprint density at radius 2 is 0.950 bits per heavy atom. The summed E-state index contributed by atoms with van der Waals surface area (Å²) >= 11 is 0. The summed E-state index contributed by atoms with van der Waals surface area (Å²) in [5.41, 5.74) is 0. The summed E-state index contributed by atoms with van der Waals surface area (Å²) in [4.78, 5) is 0. The van der Waals surface area contributed by atoms with E-state index in [4.69, 9.17) is 5.11 Å². The minimum atomic E-state index is 0.364. The molecule has 1 heteroatoms. The summed E-state index contributed by atoms with van der Waals surface area (Å²) < 4.78 is 0. The molecule has 20 heavy (non-hydrogen) atoms. The van der Waals surface area contributed by atoms with Crippen molar-refractivity contribution in [1.29, 1.82) is 0 Å². The maximum absolute atomic E-state index is 8.67. The minimum Gasteiger partial charge on any atom is -0.396 e. The molecule has 0 spiro atoms. The Kier molecular flexibility index (Phi) is 18.4. The molecule has 0 aromatic rings. The third-order valence-corrected chi connectivity index (χ3v) is 3.92. The second kappa shape index (κ2) is 18.7. The zero-order valence-electron chi connectivity index (χ0n) is 13.9. The molecule has 0 rings (SSSR count). The van der Waals surface area contributed by atoms with Gasteiger partial charge in [-0.3, -0.25) is 0 Å². The molecule has 0 amide bonds. The third-order valence-electron chi connectivity index (χ3n) is 3.92. The van der Waals surface area contributed by atoms with Crippen molar-refractivity contribution in [3.05, 3.63) is 12.2 Å². The molecule has 0 aliphatic heterocycles. The van der Waals surface area contributed by atoms with Gasteiger partial charge in [0.2, 0.25) is 0 Å². The average Bonchev–Trinajstić information content (AvgIpc) is 2.47. The lowest BCUT2D eigenvalue weighted by atomic mass is 10.1. The van der Waals surface area contributed by atoms with Gasteiger partial charge in [-0.05, 0) is 32.1 Å². The number of unbranched alkanes of at least 4 members (excludes halogenated alkanes) is 13. The van der Waals surface area contributed by atoms with Crippen molar-refractivity contribution in [3.8, 4) is 0 Å². The molecule has 0 radical (unpaired) electrons. The van der Waals surface area contributed by atoms with E-state index in [1.807, 2.05) is 0 Å². The molecular weight excluding hydrogens is 244 g/mol. The van der Waals surface area contributed by atoms with Gasteiger partial charge in [0.1, 0.15) is 0 Å². The normalized spacial score (nSPS) is 11.5. The number of aliphatic hydroxyl groups is 1. The van der Waals surface area contributed by atoms with Crippen LogP contribution in [0.15, 0.2) is 12.2 Å². The van der Waals surface area contributed by atoms with Crippen LogP contribution in [0.1, 0.15) is 103 Å². The van der Waals surface area contributed by atoms with Crippen molar-refractivity contribution in [3.63, 3.8) is 0 Å². The lowest BCUT2D eigenvalue weighted by molar-refractivity contribution is 0.282. The van der Waals surface area contributed by atoms with Crippen molar-refractivity contribution in [2.24, 2.45) is 0 Å². The Labute approximate surface area is 127 Å². The SMILES string of the molecule is CCCCCCCCC=CCCCCCCCCCO. The first-order chi connectivity index (χ1) is 9.91. The molecule has 0 heterocycles. The maximum atomic E-state index is 8.67. The first-order valence-electron chi connectivity index (χ1n) is 9.17. The van der Waals surface area contributed by atoms with Gasteiger partial charge in [0, 0.05) is 6.61 Å². The van der Waals surface area contributed by atoms with Crippen molar-refractivity contribution in [2.75, 3.05) is 6.61 Å². The van der Waals surface area contributed by atoms with Crippen molar-refractivity contribution < 1.29 is 5.11 Å². The molecule has 0 fully saturated rings. The summed E-state index contributed by atoms with van der Waals surface area (Å²) in [7, 11) is 0. The molecule has 0 aliphatic carbocycles. The van der Waals surface area contributed by atoms with Gasteiger partial charge in [-0.25, -0.2) is 0 Å². The van der Waals surface area contributed by atoms with E-state index < -0.39 is 0 Å². The molecule has 0 aromatic heterocycles. The van der Waals surface area contributed by atoms with Gasteiger partial charge in [-0.2, -0.15) is 0 Å². The summed E-state index contributed by atoms with van der Waals surface area (Å²) in [6.07, 6.45) is 24.7. The second-order valence-electron chi connectivity index (χ2n) is 6.02. The van der Waals surface area contributed by atoms with Crippen molar-refractivity contribution in [2.45, 2.75) is 103 Å². The van der Waals surface area contributed by atoms with Gasteiger partial charge in [0.15, 0.2) is 0 Å². The monoisotopic (exact) mass is 282 g/mol. The lowest BCUT2D eigenvalue weighted by Gasteiger charge is -2.00. The van der Waals surface area contributed by atoms with Crippen LogP contribution in [0.2, 0.25) is 0 Å². The minimum absolute atomic E-state index is 0.364. The first-order valence-corrected chi connectivity index (χ1v) is 9.17. The standard InChI is InChI=1S/C19H38O/c1-2-3-4-5-6-7-8-9-10-11-12-13-14-15-16-17-18-19-20/h9-10,20H,2-8,11-19H2,1H3. The van der Waals surface area contributed by atoms with Crippen LogP contribution < -0.4 is 0 Å². The summed E-state index contributed by atoms with van der Waals surface area (Å²) in [6, 6.07) is 0. The van der Waals surface area contributed by atoms with Crippen LogP contribution in [0.4, 0.5) is 0 Å². The van der Waals surface area contributed by atoms with E-state index in [2.05, 4.69) is 19.1 Å². The molecule has 0 saturated carbocycles. The number of hydrogen-bond acceptors (Lipinski definition) is 1.